The Kier molecular flexibility index (Phi) is 6.16. The molecule has 1 amide bonds. The van der Waals surface area contributed by atoms with Crippen molar-refractivity contribution in [3.63, 3.8) is 0 Å². The van der Waals surface area contributed by atoms with E-state index in [4.69, 9.17) is 9.97 Å². The first kappa shape index (κ1) is 21.7. The van der Waals surface area contributed by atoms with Gasteiger partial charge in [0.05, 0.1) is 5.69 Å². The molecule has 0 radical (unpaired) electrons. The fourth-order valence-corrected chi connectivity index (χ4v) is 5.26. The van der Waals surface area contributed by atoms with E-state index in [1.807, 2.05) is 42.5 Å². The summed E-state index contributed by atoms with van der Waals surface area (Å²) in [5, 5.41) is 8.97. The number of rotatable bonds is 5. The molecule has 1 heterocycles. The quantitative estimate of drug-likeness (QED) is 0.597. The Bertz CT molecular complexity index is 1150. The third kappa shape index (κ3) is 4.65. The monoisotopic (exact) mass is 443 g/mol. The summed E-state index contributed by atoms with van der Waals surface area (Å²) in [7, 11) is 4.12. The molecule has 1 saturated carbocycles. The number of aryl methyl sites for hydroxylation is 1. The van der Waals surface area contributed by atoms with Crippen LogP contribution in [0.15, 0.2) is 42.5 Å². The van der Waals surface area contributed by atoms with Crippen LogP contribution >= 0.6 is 0 Å². The maximum atomic E-state index is 13.0. The molecule has 2 aromatic carbocycles. The number of hydrogen-bond acceptors (Lipinski definition) is 5. The SMILES string of the molecule is CN(C)c1nc(N[C@H]2CC[C@@H](NC(=O)c3cccc4ccccc34)CC2)nc2c1CCCC2. The molecule has 0 saturated heterocycles. The average Bonchev–Trinajstić information content (AvgIpc) is 2.84. The van der Waals surface area contributed by atoms with Crippen molar-refractivity contribution in [3.05, 3.63) is 59.3 Å². The number of hydrogen-bond donors (Lipinski definition) is 2. The lowest BCUT2D eigenvalue weighted by Crippen LogP contribution is -2.40. The van der Waals surface area contributed by atoms with Gasteiger partial charge in [-0.1, -0.05) is 36.4 Å². The van der Waals surface area contributed by atoms with Gasteiger partial charge in [0.15, 0.2) is 0 Å². The molecule has 1 aromatic heterocycles. The number of carbonyl (C=O) groups excluding carboxylic acids is 1. The van der Waals surface area contributed by atoms with Crippen molar-refractivity contribution in [2.45, 2.75) is 63.5 Å². The van der Waals surface area contributed by atoms with Crippen LogP contribution in [0.5, 0.6) is 0 Å². The molecular formula is C27H33N5O. The molecule has 0 bridgehead atoms. The minimum absolute atomic E-state index is 0.0249. The Morgan fingerprint density at radius 1 is 0.909 bits per heavy atom. The molecule has 5 rings (SSSR count). The van der Waals surface area contributed by atoms with Crippen LogP contribution in [0.3, 0.4) is 0 Å². The normalized spacial score (nSPS) is 20.2. The highest BCUT2D eigenvalue weighted by molar-refractivity contribution is 6.07. The summed E-state index contributed by atoms with van der Waals surface area (Å²) in [6.07, 6.45) is 8.46. The largest absolute Gasteiger partial charge is 0.362 e. The Hall–Kier alpha value is -3.15. The van der Waals surface area contributed by atoms with E-state index in [9.17, 15) is 4.79 Å². The molecule has 1 fully saturated rings. The van der Waals surface area contributed by atoms with Gasteiger partial charge in [-0.2, -0.15) is 4.98 Å². The van der Waals surface area contributed by atoms with Crippen molar-refractivity contribution in [2.75, 3.05) is 24.3 Å². The van der Waals surface area contributed by atoms with E-state index in [1.165, 1.54) is 24.1 Å². The van der Waals surface area contributed by atoms with Crippen LogP contribution in [0.25, 0.3) is 10.8 Å². The third-order valence-corrected chi connectivity index (χ3v) is 7.01. The highest BCUT2D eigenvalue weighted by Crippen LogP contribution is 2.29. The van der Waals surface area contributed by atoms with Crippen molar-refractivity contribution >= 4 is 28.4 Å². The Morgan fingerprint density at radius 2 is 1.64 bits per heavy atom. The molecule has 33 heavy (non-hydrogen) atoms. The van der Waals surface area contributed by atoms with Gasteiger partial charge in [0.2, 0.25) is 5.95 Å². The Morgan fingerprint density at radius 3 is 2.45 bits per heavy atom. The first-order valence-electron chi connectivity index (χ1n) is 12.2. The van der Waals surface area contributed by atoms with Gasteiger partial charge in [-0.15, -0.1) is 0 Å². The molecule has 0 aliphatic heterocycles. The summed E-state index contributed by atoms with van der Waals surface area (Å²) in [5.74, 6) is 1.83. The fourth-order valence-electron chi connectivity index (χ4n) is 5.26. The number of carbonyl (C=O) groups is 1. The van der Waals surface area contributed by atoms with E-state index in [2.05, 4.69) is 29.6 Å². The lowest BCUT2D eigenvalue weighted by Gasteiger charge is -2.30. The molecule has 2 N–H and O–H groups in total. The molecule has 0 unspecified atom stereocenters. The smallest absolute Gasteiger partial charge is 0.252 e. The maximum absolute atomic E-state index is 13.0. The summed E-state index contributed by atoms with van der Waals surface area (Å²) < 4.78 is 0. The second-order valence-electron chi connectivity index (χ2n) is 9.59. The number of nitrogens with one attached hydrogen (secondary N) is 2. The van der Waals surface area contributed by atoms with E-state index in [1.54, 1.807) is 0 Å². The third-order valence-electron chi connectivity index (χ3n) is 7.01. The van der Waals surface area contributed by atoms with Crippen molar-refractivity contribution in [1.82, 2.24) is 15.3 Å². The number of nitrogens with zero attached hydrogens (tertiary/aromatic N) is 3. The molecule has 2 aliphatic carbocycles. The summed E-state index contributed by atoms with van der Waals surface area (Å²) in [6.45, 7) is 0. The van der Waals surface area contributed by atoms with Crippen LogP contribution in [0.4, 0.5) is 11.8 Å². The second kappa shape index (κ2) is 9.38. The first-order valence-corrected chi connectivity index (χ1v) is 12.2. The summed E-state index contributed by atoms with van der Waals surface area (Å²) in [5.41, 5.74) is 3.28. The zero-order valence-electron chi connectivity index (χ0n) is 19.6. The zero-order valence-corrected chi connectivity index (χ0v) is 19.6. The van der Waals surface area contributed by atoms with Crippen LogP contribution in [0.2, 0.25) is 0 Å². The van der Waals surface area contributed by atoms with E-state index in [-0.39, 0.29) is 11.9 Å². The number of anilines is 2. The van der Waals surface area contributed by atoms with Gasteiger partial charge < -0.3 is 15.5 Å². The maximum Gasteiger partial charge on any atom is 0.252 e. The van der Waals surface area contributed by atoms with E-state index in [0.717, 1.165) is 66.6 Å². The van der Waals surface area contributed by atoms with Gasteiger partial charge in [0, 0.05) is 37.3 Å². The predicted molar refractivity (Wildman–Crippen MR) is 134 cm³/mol. The van der Waals surface area contributed by atoms with E-state index >= 15 is 0 Å². The fraction of sp³-hybridized carbons (Fsp3) is 0.444. The van der Waals surface area contributed by atoms with Gasteiger partial charge in [-0.3, -0.25) is 4.79 Å². The van der Waals surface area contributed by atoms with Crippen molar-refractivity contribution in [1.29, 1.82) is 0 Å². The molecular weight excluding hydrogens is 410 g/mol. The highest BCUT2D eigenvalue weighted by Gasteiger charge is 2.25. The summed E-state index contributed by atoms with van der Waals surface area (Å²) >= 11 is 0. The van der Waals surface area contributed by atoms with Crippen molar-refractivity contribution < 1.29 is 4.79 Å². The van der Waals surface area contributed by atoms with Crippen molar-refractivity contribution in [2.24, 2.45) is 0 Å². The zero-order chi connectivity index (χ0) is 22.8. The van der Waals surface area contributed by atoms with E-state index < -0.39 is 0 Å². The first-order chi connectivity index (χ1) is 16.1. The van der Waals surface area contributed by atoms with Crippen LogP contribution in [0, 0.1) is 0 Å². The number of aromatic nitrogens is 2. The Balaban J connectivity index is 1.21. The summed E-state index contributed by atoms with van der Waals surface area (Å²) in [4.78, 5) is 24.8. The average molecular weight is 444 g/mol. The topological polar surface area (TPSA) is 70.2 Å². The lowest BCUT2D eigenvalue weighted by molar-refractivity contribution is 0.0928. The standard InChI is InChI=1S/C27H33N5O/c1-32(2)25-23-11-5-6-13-24(23)30-27(31-25)29-20-16-14-19(15-17-20)28-26(33)22-12-7-9-18-8-3-4-10-21(18)22/h3-4,7-10,12,19-20H,5-6,11,13-17H2,1-2H3,(H,28,33)(H,29,30,31)/t19-,20+. The second-order valence-corrected chi connectivity index (χ2v) is 9.59. The van der Waals surface area contributed by atoms with Gasteiger partial charge in [-0.05, 0) is 68.2 Å². The molecule has 0 atom stereocenters. The van der Waals surface area contributed by atoms with Gasteiger partial charge in [0.1, 0.15) is 5.82 Å². The van der Waals surface area contributed by atoms with Crippen LogP contribution in [-0.4, -0.2) is 42.1 Å². The van der Waals surface area contributed by atoms with Crippen LogP contribution in [-0.2, 0) is 12.8 Å². The van der Waals surface area contributed by atoms with E-state index in [0.29, 0.717) is 6.04 Å². The van der Waals surface area contributed by atoms with Gasteiger partial charge in [-0.25, -0.2) is 4.98 Å². The predicted octanol–water partition coefficient (Wildman–Crippen LogP) is 4.73. The molecule has 6 heteroatoms. The molecule has 3 aromatic rings. The number of benzene rings is 2. The van der Waals surface area contributed by atoms with Gasteiger partial charge in [0.25, 0.3) is 5.91 Å². The van der Waals surface area contributed by atoms with Crippen molar-refractivity contribution in [3.8, 4) is 0 Å². The molecule has 0 spiro atoms. The minimum Gasteiger partial charge on any atom is -0.362 e. The van der Waals surface area contributed by atoms with Gasteiger partial charge >= 0.3 is 0 Å². The number of fused-ring (bicyclic) bond motifs is 2. The minimum atomic E-state index is 0.0249. The highest BCUT2D eigenvalue weighted by atomic mass is 16.1. The van der Waals surface area contributed by atoms with Crippen LogP contribution in [0.1, 0.15) is 60.1 Å². The lowest BCUT2D eigenvalue weighted by atomic mass is 9.91. The summed E-state index contributed by atoms with van der Waals surface area (Å²) in [6, 6.07) is 14.5. The Labute approximate surface area is 195 Å². The molecule has 172 valence electrons. The molecule has 6 nitrogen and oxygen atoms in total. The van der Waals surface area contributed by atoms with Crippen LogP contribution < -0.4 is 15.5 Å². The number of amides is 1. The molecule has 2 aliphatic rings.